The third kappa shape index (κ3) is 11.3. The molecule has 1 aromatic heterocycles. The molecule has 0 radical (unpaired) electrons. The van der Waals surface area contributed by atoms with Crippen LogP contribution in [0, 0.1) is 0 Å². The van der Waals surface area contributed by atoms with E-state index in [4.69, 9.17) is 9.47 Å². The molecule has 5 N–H and O–H groups in total. The first kappa shape index (κ1) is 40.3. The minimum Gasteiger partial charge on any atom is -0.492 e. The van der Waals surface area contributed by atoms with Gasteiger partial charge in [0.25, 0.3) is 0 Å². The van der Waals surface area contributed by atoms with E-state index >= 15 is 0 Å². The zero-order valence-corrected chi connectivity index (χ0v) is 31.3. The molecule has 6 rings (SSSR count). The molecule has 0 aliphatic carbocycles. The van der Waals surface area contributed by atoms with E-state index < -0.39 is 59.8 Å². The number of fused-ring (bicyclic) bond motifs is 16. The van der Waals surface area contributed by atoms with Crippen LogP contribution in [0.4, 0.5) is 0 Å². The third-order valence-corrected chi connectivity index (χ3v) is 9.66. The third-order valence-electron chi connectivity index (χ3n) is 9.66. The summed E-state index contributed by atoms with van der Waals surface area (Å²) >= 11 is 0. The maximum absolute atomic E-state index is 14.1. The second kappa shape index (κ2) is 19.5. The zero-order valence-electron chi connectivity index (χ0n) is 31.3. The summed E-state index contributed by atoms with van der Waals surface area (Å²) < 4.78 is 12.5. The van der Waals surface area contributed by atoms with Crippen LogP contribution in [-0.4, -0.2) is 113 Å². The Balaban J connectivity index is 1.43. The number of rotatable bonds is 6. The topological polar surface area (TPSA) is 215 Å². The number of carbonyl (C=O) groups is 6. The summed E-state index contributed by atoms with van der Waals surface area (Å²) in [6.07, 6.45) is 2.58. The van der Waals surface area contributed by atoms with Gasteiger partial charge in [0.2, 0.25) is 29.5 Å². The number of esters is 1. The number of likely N-dealkylation sites (N-methyl/N-ethyl adjacent to an activating group) is 1. The number of carbonyl (C=O) groups excluding carboxylic acids is 6. The lowest BCUT2D eigenvalue weighted by Crippen LogP contribution is -2.58. The van der Waals surface area contributed by atoms with Crippen LogP contribution in [0.1, 0.15) is 49.4 Å². The maximum Gasteiger partial charge on any atom is 0.328 e. The summed E-state index contributed by atoms with van der Waals surface area (Å²) in [6.45, 7) is 2.62. The average Bonchev–Trinajstić information content (AvgIpc) is 3.88. The van der Waals surface area contributed by atoms with Gasteiger partial charge in [0.15, 0.2) is 0 Å². The van der Waals surface area contributed by atoms with Gasteiger partial charge in [-0.05, 0) is 56.5 Å². The summed E-state index contributed by atoms with van der Waals surface area (Å²) in [6, 6.07) is 11.3. The highest BCUT2D eigenvalue weighted by molar-refractivity contribution is 5.96. The number of aromatic nitrogens is 3. The minimum atomic E-state index is -1.12. The van der Waals surface area contributed by atoms with E-state index in [0.717, 1.165) is 11.1 Å². The van der Waals surface area contributed by atoms with Crippen molar-refractivity contribution < 1.29 is 38.2 Å². The molecule has 1 fully saturated rings. The first-order chi connectivity index (χ1) is 26.5. The second-order valence-corrected chi connectivity index (χ2v) is 13.6. The summed E-state index contributed by atoms with van der Waals surface area (Å²) in [5, 5.41) is 22.2. The molecule has 294 valence electrons. The number of amides is 5. The van der Waals surface area contributed by atoms with Gasteiger partial charge in [-0.3, -0.25) is 24.0 Å². The lowest BCUT2D eigenvalue weighted by molar-refractivity contribution is -0.145. The van der Waals surface area contributed by atoms with E-state index in [2.05, 4.69) is 36.9 Å². The Morgan fingerprint density at radius 1 is 1.00 bits per heavy atom. The van der Waals surface area contributed by atoms with Crippen molar-refractivity contribution in [2.24, 2.45) is 0 Å². The van der Waals surface area contributed by atoms with Crippen molar-refractivity contribution in [2.75, 3.05) is 27.3 Å². The molecule has 3 aliphatic rings. The van der Waals surface area contributed by atoms with Crippen molar-refractivity contribution in [2.45, 2.75) is 88.7 Å². The van der Waals surface area contributed by atoms with Gasteiger partial charge in [0, 0.05) is 25.8 Å². The van der Waals surface area contributed by atoms with E-state index in [1.54, 1.807) is 49.1 Å². The van der Waals surface area contributed by atoms with Gasteiger partial charge < -0.3 is 41.0 Å². The van der Waals surface area contributed by atoms with E-state index in [1.807, 2.05) is 30.3 Å². The highest BCUT2D eigenvalue weighted by Gasteiger charge is 2.39. The predicted octanol–water partition coefficient (Wildman–Crippen LogP) is -0.221. The van der Waals surface area contributed by atoms with Gasteiger partial charge in [-0.1, -0.05) is 47.7 Å². The van der Waals surface area contributed by atoms with Crippen LogP contribution in [-0.2, 0) is 59.4 Å². The molecule has 5 atom stereocenters. The number of hydrogen-bond acceptors (Lipinski definition) is 11. The average molecular weight is 760 g/mol. The molecule has 1 saturated heterocycles. The molecule has 4 bridgehead atoms. The van der Waals surface area contributed by atoms with Crippen molar-refractivity contribution in [1.29, 1.82) is 0 Å². The standard InChI is InChI=1S/C38H49N9O8/c1-24(39-2)34(49)41-29-15-16-33(48)40-22-27-23-46(45-44-27)18-19-55-28-13-11-26(12-14-28)21-31(38(53)54-3)43-35(50)30(20-25-8-5-4-6-9-25)42-36(51)32-10-7-17-47(32)37(29)52/h4-6,8-9,11-14,23-24,29-32,39H,7,10,15-22H2,1-3H3,(H,40,48)(H,41,49)(H,42,51)(H,43,50). The minimum absolute atomic E-state index is 0.0314. The van der Waals surface area contributed by atoms with Crippen LogP contribution in [0.5, 0.6) is 5.75 Å². The molecule has 0 spiro atoms. The Labute approximate surface area is 319 Å². The number of ether oxygens (including phenoxy) is 2. The van der Waals surface area contributed by atoms with Crippen LogP contribution in [0.3, 0.4) is 0 Å². The van der Waals surface area contributed by atoms with Crippen LogP contribution in [0.2, 0.25) is 0 Å². The second-order valence-electron chi connectivity index (χ2n) is 13.6. The van der Waals surface area contributed by atoms with E-state index in [0.29, 0.717) is 30.8 Å². The normalized spacial score (nSPS) is 22.3. The number of nitrogens with zero attached hydrogens (tertiary/aromatic N) is 4. The van der Waals surface area contributed by atoms with Gasteiger partial charge in [-0.25, -0.2) is 9.48 Å². The number of benzene rings is 2. The van der Waals surface area contributed by atoms with Gasteiger partial charge in [0.05, 0.1) is 32.4 Å². The molecular weight excluding hydrogens is 710 g/mol. The Morgan fingerprint density at radius 3 is 2.49 bits per heavy atom. The van der Waals surface area contributed by atoms with Gasteiger partial charge in [-0.2, -0.15) is 0 Å². The smallest absolute Gasteiger partial charge is 0.328 e. The first-order valence-corrected chi connectivity index (χ1v) is 18.4. The SMILES string of the molecule is CNC(C)C(=O)NC1CCC(=O)NCc2cn(nn2)CCOc2ccc(cc2)CC(C(=O)OC)NC(=O)C(Cc2ccccc2)NC(=O)C2CCCN2C1=O. The predicted molar refractivity (Wildman–Crippen MR) is 198 cm³/mol. The fourth-order valence-corrected chi connectivity index (χ4v) is 6.42. The van der Waals surface area contributed by atoms with Crippen molar-refractivity contribution in [3.05, 3.63) is 77.6 Å². The summed E-state index contributed by atoms with van der Waals surface area (Å²) in [4.78, 5) is 82.4. The molecule has 4 heterocycles. The number of methoxy groups -OCH3 is 1. The highest BCUT2D eigenvalue weighted by atomic mass is 16.5. The van der Waals surface area contributed by atoms with Crippen molar-refractivity contribution in [3.8, 4) is 5.75 Å². The molecule has 0 saturated carbocycles. The summed E-state index contributed by atoms with van der Waals surface area (Å²) in [5.74, 6) is -2.59. The van der Waals surface area contributed by atoms with Gasteiger partial charge in [-0.15, -0.1) is 5.10 Å². The monoisotopic (exact) mass is 759 g/mol. The van der Waals surface area contributed by atoms with Crippen molar-refractivity contribution in [1.82, 2.24) is 46.5 Å². The van der Waals surface area contributed by atoms with E-state index in [9.17, 15) is 28.8 Å². The summed E-state index contributed by atoms with van der Waals surface area (Å²) in [7, 11) is 2.84. The lowest BCUT2D eigenvalue weighted by atomic mass is 10.0. The van der Waals surface area contributed by atoms with Crippen LogP contribution in [0.15, 0.2) is 60.8 Å². The van der Waals surface area contributed by atoms with Crippen LogP contribution >= 0.6 is 0 Å². The molecule has 2 aromatic carbocycles. The van der Waals surface area contributed by atoms with Gasteiger partial charge in [0.1, 0.15) is 42.2 Å². The quantitative estimate of drug-likeness (QED) is 0.207. The Bertz CT molecular complexity index is 1800. The van der Waals surface area contributed by atoms with Crippen molar-refractivity contribution in [3.63, 3.8) is 0 Å². The molecule has 5 amide bonds. The Hall–Kier alpha value is -5.84. The summed E-state index contributed by atoms with van der Waals surface area (Å²) in [5.41, 5.74) is 2.00. The van der Waals surface area contributed by atoms with E-state index in [1.165, 1.54) is 12.0 Å². The fourth-order valence-electron chi connectivity index (χ4n) is 6.42. The highest BCUT2D eigenvalue weighted by Crippen LogP contribution is 2.21. The van der Waals surface area contributed by atoms with E-state index in [-0.39, 0.29) is 51.3 Å². The maximum atomic E-state index is 14.1. The zero-order chi connectivity index (χ0) is 39.3. The number of nitrogens with one attached hydrogen (secondary N) is 5. The van der Waals surface area contributed by atoms with Gasteiger partial charge >= 0.3 is 5.97 Å². The Morgan fingerprint density at radius 2 is 1.76 bits per heavy atom. The molecule has 55 heavy (non-hydrogen) atoms. The van der Waals surface area contributed by atoms with Crippen molar-refractivity contribution >= 4 is 35.5 Å². The Kier molecular flexibility index (Phi) is 14.3. The molecular formula is C38H49N9O8. The van der Waals surface area contributed by atoms with Crippen LogP contribution in [0.25, 0.3) is 0 Å². The molecule has 5 unspecified atom stereocenters. The largest absolute Gasteiger partial charge is 0.492 e. The van der Waals surface area contributed by atoms with Crippen LogP contribution < -0.4 is 31.3 Å². The fraction of sp³-hybridized carbons (Fsp3) is 0.474. The first-order valence-electron chi connectivity index (χ1n) is 18.4. The molecule has 17 nitrogen and oxygen atoms in total. The number of hydrogen-bond donors (Lipinski definition) is 5. The molecule has 3 aromatic rings. The molecule has 3 aliphatic heterocycles. The lowest BCUT2D eigenvalue weighted by Gasteiger charge is -2.30. The molecule has 17 heteroatoms.